The van der Waals surface area contributed by atoms with Crippen molar-refractivity contribution in [3.63, 3.8) is 0 Å². The molecule has 3 aromatic rings. The maximum atomic E-state index is 12.6. The molecule has 0 spiro atoms. The van der Waals surface area contributed by atoms with Crippen molar-refractivity contribution in [3.8, 4) is 23.0 Å². The predicted molar refractivity (Wildman–Crippen MR) is 144 cm³/mol. The van der Waals surface area contributed by atoms with Gasteiger partial charge in [-0.05, 0) is 70.0 Å². The van der Waals surface area contributed by atoms with Gasteiger partial charge in [-0.1, -0.05) is 12.1 Å². The number of nitrogens with zero attached hydrogens (tertiary/aromatic N) is 1. The molecule has 0 aliphatic carbocycles. The van der Waals surface area contributed by atoms with Gasteiger partial charge in [0.25, 0.3) is 5.91 Å². The molecular formula is C27H26BrN3O7. The van der Waals surface area contributed by atoms with Crippen LogP contribution in [0.5, 0.6) is 23.0 Å². The van der Waals surface area contributed by atoms with Gasteiger partial charge in [0.1, 0.15) is 5.75 Å². The summed E-state index contributed by atoms with van der Waals surface area (Å²) in [6.45, 7) is 0.160. The number of amides is 2. The lowest BCUT2D eigenvalue weighted by molar-refractivity contribution is -0.120. The Kier molecular flexibility index (Phi) is 10.2. The summed E-state index contributed by atoms with van der Waals surface area (Å²) in [7, 11) is 4.39. The highest BCUT2D eigenvalue weighted by Gasteiger charge is 2.18. The highest BCUT2D eigenvalue weighted by Crippen LogP contribution is 2.38. The van der Waals surface area contributed by atoms with Crippen LogP contribution in [0.4, 0.5) is 0 Å². The van der Waals surface area contributed by atoms with Crippen LogP contribution in [0.15, 0.2) is 70.2 Å². The Bertz CT molecular complexity index is 1300. The van der Waals surface area contributed by atoms with Crippen LogP contribution in [0.25, 0.3) is 0 Å². The fourth-order valence-electron chi connectivity index (χ4n) is 3.25. The zero-order valence-corrected chi connectivity index (χ0v) is 22.5. The largest absolute Gasteiger partial charge is 0.493 e. The summed E-state index contributed by atoms with van der Waals surface area (Å²) in [5.74, 6) is 0.102. The number of hydrogen-bond acceptors (Lipinski definition) is 8. The number of methoxy groups -OCH3 is 3. The molecule has 0 saturated heterocycles. The molecule has 0 bridgehead atoms. The Labute approximate surface area is 228 Å². The van der Waals surface area contributed by atoms with Crippen molar-refractivity contribution in [1.29, 1.82) is 0 Å². The van der Waals surface area contributed by atoms with Gasteiger partial charge in [-0.2, -0.15) is 5.10 Å². The number of carbonyl (C=O) groups is 3. The normalized spacial score (nSPS) is 10.5. The van der Waals surface area contributed by atoms with Crippen molar-refractivity contribution in [1.82, 2.24) is 10.7 Å². The highest BCUT2D eigenvalue weighted by atomic mass is 79.9. The van der Waals surface area contributed by atoms with Crippen molar-refractivity contribution in [3.05, 3.63) is 81.8 Å². The zero-order valence-electron chi connectivity index (χ0n) is 20.9. The molecule has 38 heavy (non-hydrogen) atoms. The van der Waals surface area contributed by atoms with E-state index in [1.807, 2.05) is 6.07 Å². The van der Waals surface area contributed by atoms with Crippen LogP contribution in [0, 0.1) is 0 Å². The first-order valence-corrected chi connectivity index (χ1v) is 12.1. The minimum Gasteiger partial charge on any atom is -0.493 e. The van der Waals surface area contributed by atoms with E-state index in [0.717, 1.165) is 0 Å². The van der Waals surface area contributed by atoms with Crippen LogP contribution in [-0.2, 0) is 4.79 Å². The predicted octanol–water partition coefficient (Wildman–Crippen LogP) is 3.96. The Morgan fingerprint density at radius 3 is 2.18 bits per heavy atom. The molecule has 0 aliphatic rings. The van der Waals surface area contributed by atoms with Gasteiger partial charge in [0.05, 0.1) is 38.7 Å². The molecule has 11 heteroatoms. The molecule has 0 unspecified atom stereocenters. The van der Waals surface area contributed by atoms with Crippen LogP contribution in [0.2, 0.25) is 0 Å². The Balaban J connectivity index is 1.48. The van der Waals surface area contributed by atoms with Gasteiger partial charge in [-0.25, -0.2) is 10.2 Å². The Morgan fingerprint density at radius 2 is 1.58 bits per heavy atom. The lowest BCUT2D eigenvalue weighted by Crippen LogP contribution is -2.29. The molecule has 2 N–H and O–H groups in total. The molecule has 0 aromatic heterocycles. The van der Waals surface area contributed by atoms with E-state index in [0.29, 0.717) is 38.6 Å². The summed E-state index contributed by atoms with van der Waals surface area (Å²) >= 11 is 3.32. The summed E-state index contributed by atoms with van der Waals surface area (Å²) in [4.78, 5) is 36.8. The molecule has 0 atom stereocenters. The fraction of sp³-hybridized carbons (Fsp3) is 0.185. The van der Waals surface area contributed by atoms with E-state index in [-0.39, 0.29) is 30.3 Å². The second kappa shape index (κ2) is 13.8. The first-order valence-electron chi connectivity index (χ1n) is 11.3. The van der Waals surface area contributed by atoms with Crippen molar-refractivity contribution in [2.45, 2.75) is 6.42 Å². The van der Waals surface area contributed by atoms with E-state index in [2.05, 4.69) is 31.8 Å². The minimum atomic E-state index is -0.607. The van der Waals surface area contributed by atoms with Gasteiger partial charge in [0.2, 0.25) is 11.7 Å². The lowest BCUT2D eigenvalue weighted by atomic mass is 10.2. The topological polar surface area (TPSA) is 125 Å². The molecule has 198 valence electrons. The van der Waals surface area contributed by atoms with Gasteiger partial charge < -0.3 is 24.3 Å². The third-order valence-corrected chi connectivity index (χ3v) is 5.84. The molecule has 2 amide bonds. The van der Waals surface area contributed by atoms with E-state index in [1.165, 1.54) is 39.7 Å². The second-order valence-corrected chi connectivity index (χ2v) is 8.51. The molecule has 0 fully saturated rings. The van der Waals surface area contributed by atoms with E-state index >= 15 is 0 Å². The van der Waals surface area contributed by atoms with Gasteiger partial charge in [-0.15, -0.1) is 0 Å². The zero-order chi connectivity index (χ0) is 27.5. The molecule has 3 aromatic carbocycles. The number of esters is 1. The molecule has 0 saturated carbocycles. The van der Waals surface area contributed by atoms with E-state index in [9.17, 15) is 14.4 Å². The van der Waals surface area contributed by atoms with Gasteiger partial charge in [-0.3, -0.25) is 9.59 Å². The second-order valence-electron chi connectivity index (χ2n) is 7.65. The molecule has 0 radical (unpaired) electrons. The third kappa shape index (κ3) is 7.56. The number of benzene rings is 3. The van der Waals surface area contributed by atoms with Crippen molar-refractivity contribution >= 4 is 39.9 Å². The first kappa shape index (κ1) is 28.2. The number of ether oxygens (including phenoxy) is 4. The van der Waals surface area contributed by atoms with E-state index < -0.39 is 5.97 Å². The molecular weight excluding hydrogens is 558 g/mol. The smallest absolute Gasteiger partial charge is 0.343 e. The summed E-state index contributed by atoms with van der Waals surface area (Å²) in [6, 6.07) is 16.5. The number of hydrogen-bond donors (Lipinski definition) is 2. The van der Waals surface area contributed by atoms with Crippen molar-refractivity contribution in [2.75, 3.05) is 27.9 Å². The van der Waals surface area contributed by atoms with Crippen molar-refractivity contribution in [2.24, 2.45) is 5.10 Å². The van der Waals surface area contributed by atoms with Crippen molar-refractivity contribution < 1.29 is 33.3 Å². The van der Waals surface area contributed by atoms with Crippen LogP contribution in [0.1, 0.15) is 32.7 Å². The fourth-order valence-corrected chi connectivity index (χ4v) is 3.72. The average Bonchev–Trinajstić information content (AvgIpc) is 2.93. The lowest BCUT2D eigenvalue weighted by Gasteiger charge is -2.13. The molecule has 3 rings (SSSR count). The van der Waals surface area contributed by atoms with Crippen LogP contribution >= 0.6 is 15.9 Å². The van der Waals surface area contributed by atoms with Gasteiger partial charge in [0.15, 0.2) is 11.5 Å². The summed E-state index contributed by atoms with van der Waals surface area (Å²) in [5, 5.41) is 6.60. The highest BCUT2D eigenvalue weighted by molar-refractivity contribution is 9.10. The SMILES string of the molecule is COc1cc(C(=O)Oc2ccc(/C=N\NC(=O)CCNC(=O)c3ccccc3Br)cc2)cc(OC)c1OC. The van der Waals surface area contributed by atoms with Crippen LogP contribution in [0.3, 0.4) is 0 Å². The summed E-state index contributed by atoms with van der Waals surface area (Å²) in [5.41, 5.74) is 3.78. The van der Waals surface area contributed by atoms with Gasteiger partial charge in [0, 0.05) is 17.4 Å². The third-order valence-electron chi connectivity index (χ3n) is 5.15. The quantitative estimate of drug-likeness (QED) is 0.151. The number of carbonyl (C=O) groups excluding carboxylic acids is 3. The Hall–Kier alpha value is -4.38. The van der Waals surface area contributed by atoms with E-state index in [4.69, 9.17) is 18.9 Å². The molecule has 0 heterocycles. The van der Waals surface area contributed by atoms with Crippen LogP contribution < -0.4 is 29.7 Å². The maximum absolute atomic E-state index is 12.6. The first-order chi connectivity index (χ1) is 18.4. The number of rotatable bonds is 11. The number of halogens is 1. The number of hydrazone groups is 1. The van der Waals surface area contributed by atoms with E-state index in [1.54, 1.807) is 42.5 Å². The Morgan fingerprint density at radius 1 is 0.921 bits per heavy atom. The monoisotopic (exact) mass is 583 g/mol. The summed E-state index contributed by atoms with van der Waals surface area (Å²) in [6.07, 6.45) is 1.51. The molecule has 0 aliphatic heterocycles. The molecule has 10 nitrogen and oxygen atoms in total. The summed E-state index contributed by atoms with van der Waals surface area (Å²) < 4.78 is 21.9. The van der Waals surface area contributed by atoms with Gasteiger partial charge >= 0.3 is 5.97 Å². The standard InChI is InChI=1S/C27H26BrN3O7/c1-35-22-14-18(15-23(36-2)25(22)37-3)27(34)38-19-10-8-17(9-11-19)16-30-31-24(32)12-13-29-26(33)20-6-4-5-7-21(20)28/h4-11,14-16H,12-13H2,1-3H3,(H,29,33)(H,31,32)/b30-16-. The minimum absolute atomic E-state index is 0.0589. The maximum Gasteiger partial charge on any atom is 0.343 e. The number of nitrogens with one attached hydrogen (secondary N) is 2. The average molecular weight is 584 g/mol. The van der Waals surface area contributed by atoms with Crippen LogP contribution in [-0.4, -0.2) is 51.9 Å².